The Kier molecular flexibility index (Phi) is 6.36. The van der Waals surface area contributed by atoms with Crippen molar-refractivity contribution in [2.45, 2.75) is 6.54 Å². The summed E-state index contributed by atoms with van der Waals surface area (Å²) >= 11 is 18.0. The molecule has 1 amide bonds. The molecule has 25 heavy (non-hydrogen) atoms. The number of carboxylic acid groups (broad SMARTS) is 1. The predicted octanol–water partition coefficient (Wildman–Crippen LogP) is 3.82. The van der Waals surface area contributed by atoms with E-state index in [0.29, 0.717) is 16.3 Å². The maximum atomic E-state index is 11.0. The number of amides is 1. The summed E-state index contributed by atoms with van der Waals surface area (Å²) in [5.41, 5.74) is 6.27. The van der Waals surface area contributed by atoms with Crippen LogP contribution in [-0.4, -0.2) is 23.6 Å². The molecule has 9 heteroatoms. The highest BCUT2D eigenvalue weighted by molar-refractivity contribution is 6.35. The zero-order valence-electron chi connectivity index (χ0n) is 12.7. The molecule has 0 aliphatic heterocycles. The second-order valence-corrected chi connectivity index (χ2v) is 6.24. The number of hydrogen-bond donors (Lipinski definition) is 3. The molecule has 2 aromatic carbocycles. The van der Waals surface area contributed by atoms with Crippen LogP contribution >= 0.6 is 34.8 Å². The van der Waals surface area contributed by atoms with Gasteiger partial charge in [0.05, 0.1) is 15.6 Å². The van der Waals surface area contributed by atoms with Crippen molar-refractivity contribution in [3.63, 3.8) is 0 Å². The minimum atomic E-state index is -1.11. The van der Waals surface area contributed by atoms with E-state index in [-0.39, 0.29) is 34.5 Å². The predicted molar refractivity (Wildman–Crippen MR) is 96.9 cm³/mol. The summed E-state index contributed by atoms with van der Waals surface area (Å²) in [6.45, 7) is -0.0788. The van der Waals surface area contributed by atoms with Crippen LogP contribution in [0.15, 0.2) is 30.3 Å². The summed E-state index contributed by atoms with van der Waals surface area (Å²) < 4.78 is 5.34. The van der Waals surface area contributed by atoms with Crippen LogP contribution in [-0.2, 0) is 11.3 Å². The number of carbonyl (C=O) groups is 2. The number of aromatic carboxylic acids is 1. The van der Waals surface area contributed by atoms with Crippen molar-refractivity contribution in [3.8, 4) is 5.75 Å². The molecular weight excluding hydrogens is 391 g/mol. The molecule has 0 fully saturated rings. The van der Waals surface area contributed by atoms with Crippen LogP contribution in [0.2, 0.25) is 15.1 Å². The lowest BCUT2D eigenvalue weighted by Crippen LogP contribution is -2.20. The Morgan fingerprint density at radius 2 is 1.84 bits per heavy atom. The van der Waals surface area contributed by atoms with Gasteiger partial charge in [-0.15, -0.1) is 0 Å². The smallest absolute Gasteiger partial charge is 0.337 e. The monoisotopic (exact) mass is 402 g/mol. The molecule has 0 unspecified atom stereocenters. The van der Waals surface area contributed by atoms with Gasteiger partial charge in [-0.3, -0.25) is 4.79 Å². The van der Waals surface area contributed by atoms with Gasteiger partial charge < -0.3 is 20.9 Å². The molecule has 0 aromatic heterocycles. The van der Waals surface area contributed by atoms with Crippen molar-refractivity contribution < 1.29 is 19.4 Å². The minimum Gasteiger partial charge on any atom is -0.482 e. The average molecular weight is 404 g/mol. The zero-order valence-corrected chi connectivity index (χ0v) is 15.0. The summed E-state index contributed by atoms with van der Waals surface area (Å²) in [5.74, 6) is -1.47. The van der Waals surface area contributed by atoms with Crippen molar-refractivity contribution >= 4 is 52.4 Å². The highest BCUT2D eigenvalue weighted by Gasteiger charge is 2.13. The van der Waals surface area contributed by atoms with Gasteiger partial charge >= 0.3 is 5.97 Å². The molecule has 0 saturated carbocycles. The van der Waals surface area contributed by atoms with E-state index in [2.05, 4.69) is 5.32 Å². The Labute approximate surface area is 158 Å². The SMILES string of the molecule is NC(=O)COc1c(Cl)cc(Cl)cc1CNc1ccc(C(=O)O)c(Cl)c1. The van der Waals surface area contributed by atoms with Crippen molar-refractivity contribution in [2.24, 2.45) is 5.73 Å². The second kappa shape index (κ2) is 8.29. The van der Waals surface area contributed by atoms with E-state index in [9.17, 15) is 9.59 Å². The molecule has 0 aliphatic carbocycles. The van der Waals surface area contributed by atoms with Crippen molar-refractivity contribution in [1.29, 1.82) is 0 Å². The molecule has 0 aliphatic rings. The van der Waals surface area contributed by atoms with Gasteiger partial charge in [0.1, 0.15) is 5.75 Å². The van der Waals surface area contributed by atoms with E-state index in [1.165, 1.54) is 18.2 Å². The van der Waals surface area contributed by atoms with Crippen LogP contribution in [0.5, 0.6) is 5.75 Å². The molecule has 2 rings (SSSR count). The van der Waals surface area contributed by atoms with Crippen molar-refractivity contribution in [3.05, 3.63) is 56.5 Å². The normalized spacial score (nSPS) is 10.4. The van der Waals surface area contributed by atoms with Crippen LogP contribution in [0.25, 0.3) is 0 Å². The number of nitrogens with one attached hydrogen (secondary N) is 1. The van der Waals surface area contributed by atoms with Crippen LogP contribution < -0.4 is 15.8 Å². The number of ether oxygens (including phenoxy) is 1. The Hall–Kier alpha value is -2.15. The number of carbonyl (C=O) groups excluding carboxylic acids is 1. The van der Waals surface area contributed by atoms with E-state index in [4.69, 9.17) is 50.4 Å². The highest BCUT2D eigenvalue weighted by atomic mass is 35.5. The van der Waals surface area contributed by atoms with Gasteiger partial charge in [0.25, 0.3) is 5.91 Å². The number of hydrogen-bond acceptors (Lipinski definition) is 4. The Morgan fingerprint density at radius 3 is 2.44 bits per heavy atom. The van der Waals surface area contributed by atoms with Gasteiger partial charge in [-0.25, -0.2) is 4.79 Å². The molecule has 132 valence electrons. The molecule has 4 N–H and O–H groups in total. The molecule has 0 atom stereocenters. The number of anilines is 1. The first-order chi connectivity index (χ1) is 11.8. The molecule has 6 nitrogen and oxygen atoms in total. The Balaban J connectivity index is 2.20. The molecule has 0 radical (unpaired) electrons. The first-order valence-electron chi connectivity index (χ1n) is 6.93. The maximum Gasteiger partial charge on any atom is 0.337 e. The third-order valence-corrected chi connectivity index (χ3v) is 3.94. The molecular formula is C16H13Cl3N2O4. The summed E-state index contributed by atoms with van der Waals surface area (Å²) in [6, 6.07) is 7.57. The van der Waals surface area contributed by atoms with E-state index < -0.39 is 11.9 Å². The average Bonchev–Trinajstić information content (AvgIpc) is 2.51. The van der Waals surface area contributed by atoms with Gasteiger partial charge in [0, 0.05) is 22.8 Å². The summed E-state index contributed by atoms with van der Waals surface area (Å²) in [6.07, 6.45) is 0. The molecule has 0 spiro atoms. The number of nitrogens with two attached hydrogens (primary N) is 1. The quantitative estimate of drug-likeness (QED) is 0.652. The Morgan fingerprint density at radius 1 is 1.12 bits per heavy atom. The van der Waals surface area contributed by atoms with E-state index >= 15 is 0 Å². The molecule has 0 saturated heterocycles. The summed E-state index contributed by atoms with van der Waals surface area (Å²) in [7, 11) is 0. The van der Waals surface area contributed by atoms with Crippen LogP contribution in [0.3, 0.4) is 0 Å². The number of rotatable bonds is 7. The summed E-state index contributed by atoms with van der Waals surface area (Å²) in [5, 5.41) is 12.8. The highest BCUT2D eigenvalue weighted by Crippen LogP contribution is 2.33. The van der Waals surface area contributed by atoms with Gasteiger partial charge in [0.15, 0.2) is 6.61 Å². The second-order valence-electron chi connectivity index (χ2n) is 4.98. The lowest BCUT2D eigenvalue weighted by Gasteiger charge is -2.14. The lowest BCUT2D eigenvalue weighted by molar-refractivity contribution is -0.119. The Bertz CT molecular complexity index is 827. The fraction of sp³-hybridized carbons (Fsp3) is 0.125. The van der Waals surface area contributed by atoms with Gasteiger partial charge in [-0.1, -0.05) is 34.8 Å². The first kappa shape index (κ1) is 19.2. The standard InChI is InChI=1S/C16H13Cl3N2O4/c17-9-3-8(15(13(19)4-9)25-7-14(20)22)6-21-10-1-2-11(16(23)24)12(18)5-10/h1-5,21H,6-7H2,(H2,20,22)(H,23,24). The van der Waals surface area contributed by atoms with E-state index in [1.807, 2.05) is 0 Å². The zero-order chi connectivity index (χ0) is 18.6. The maximum absolute atomic E-state index is 11.0. The number of carboxylic acids is 1. The third-order valence-electron chi connectivity index (χ3n) is 3.13. The van der Waals surface area contributed by atoms with Crippen molar-refractivity contribution in [2.75, 3.05) is 11.9 Å². The van der Waals surface area contributed by atoms with Crippen molar-refractivity contribution in [1.82, 2.24) is 0 Å². The number of primary amides is 1. The molecule has 0 heterocycles. The van der Waals surface area contributed by atoms with E-state index in [1.54, 1.807) is 12.1 Å². The summed E-state index contributed by atoms with van der Waals surface area (Å²) in [4.78, 5) is 21.9. The van der Waals surface area contributed by atoms with Gasteiger partial charge in [0.2, 0.25) is 0 Å². The number of halogens is 3. The number of benzene rings is 2. The van der Waals surface area contributed by atoms with E-state index in [0.717, 1.165) is 0 Å². The minimum absolute atomic E-state index is 0.00324. The topological polar surface area (TPSA) is 102 Å². The molecule has 2 aromatic rings. The third kappa shape index (κ3) is 5.16. The van der Waals surface area contributed by atoms with Crippen LogP contribution in [0.4, 0.5) is 5.69 Å². The fourth-order valence-electron chi connectivity index (χ4n) is 2.05. The largest absolute Gasteiger partial charge is 0.482 e. The van der Waals surface area contributed by atoms with Gasteiger partial charge in [-0.2, -0.15) is 0 Å². The van der Waals surface area contributed by atoms with Crippen LogP contribution in [0, 0.1) is 0 Å². The molecule has 0 bridgehead atoms. The first-order valence-corrected chi connectivity index (χ1v) is 8.07. The lowest BCUT2D eigenvalue weighted by atomic mass is 10.1. The van der Waals surface area contributed by atoms with Gasteiger partial charge in [-0.05, 0) is 30.3 Å². The van der Waals surface area contributed by atoms with Crippen LogP contribution in [0.1, 0.15) is 15.9 Å². The fourth-order valence-corrected chi connectivity index (χ4v) is 2.90.